The minimum atomic E-state index is 0.0972. The van der Waals surface area contributed by atoms with Crippen LogP contribution in [0.3, 0.4) is 0 Å². The fourth-order valence-corrected chi connectivity index (χ4v) is 0.268. The maximum atomic E-state index is 8.75. The van der Waals surface area contributed by atoms with Gasteiger partial charge in [0.15, 0.2) is 0 Å². The van der Waals surface area contributed by atoms with Crippen molar-refractivity contribution in [2.45, 2.75) is 6.42 Å². The van der Waals surface area contributed by atoms with E-state index in [1.807, 2.05) is 0 Å². The van der Waals surface area contributed by atoms with Crippen molar-refractivity contribution in [3.05, 3.63) is 31.0 Å². The van der Waals surface area contributed by atoms with Crippen molar-refractivity contribution in [1.82, 2.24) is 0 Å². The summed E-state index contributed by atoms with van der Waals surface area (Å²) < 4.78 is 0. The molecule has 0 aromatic rings. The van der Waals surface area contributed by atoms with E-state index in [0.717, 1.165) is 0 Å². The highest BCUT2D eigenvalue weighted by Crippen LogP contribution is 2.05. The van der Waals surface area contributed by atoms with Crippen LogP contribution >= 0.6 is 0 Å². The molecular weight excluding hydrogens is 102 g/mol. The fourth-order valence-electron chi connectivity index (χ4n) is 0.268. The summed E-state index contributed by atoms with van der Waals surface area (Å²) in [5.74, 6) is 0. The van der Waals surface area contributed by atoms with Gasteiger partial charge in [0.05, 0.1) is 0 Å². The van der Waals surface area contributed by atoms with E-state index in [1.54, 1.807) is 6.08 Å². The number of aliphatic hydroxyl groups excluding tert-OH is 1. The Morgan fingerprint density at radius 2 is 2.25 bits per heavy atom. The number of nitrogens with two attached hydrogens (primary N) is 1. The predicted molar refractivity (Wildman–Crippen MR) is 33.3 cm³/mol. The Balaban J connectivity index is 3.46. The third-order valence-corrected chi connectivity index (χ3v) is 0.708. The SMILES string of the molecule is C=CC[C](O)C(=C)N. The summed E-state index contributed by atoms with van der Waals surface area (Å²) in [6.45, 7) is 6.72. The monoisotopic (exact) mass is 112 g/mol. The first-order valence-corrected chi connectivity index (χ1v) is 2.29. The van der Waals surface area contributed by atoms with Gasteiger partial charge in [0, 0.05) is 12.1 Å². The minimum Gasteiger partial charge on any atom is -0.400 e. The molecule has 2 nitrogen and oxygen atoms in total. The van der Waals surface area contributed by atoms with Crippen molar-refractivity contribution in [2.75, 3.05) is 0 Å². The third kappa shape index (κ3) is 2.42. The van der Waals surface area contributed by atoms with Gasteiger partial charge in [0.2, 0.25) is 0 Å². The molecule has 0 aliphatic carbocycles. The summed E-state index contributed by atoms with van der Waals surface area (Å²) in [6.07, 6.45) is 2.06. The lowest BCUT2D eigenvalue weighted by atomic mass is 10.2. The second kappa shape index (κ2) is 3.27. The summed E-state index contributed by atoms with van der Waals surface area (Å²) in [7, 11) is 0. The first-order valence-electron chi connectivity index (χ1n) is 2.29. The van der Waals surface area contributed by atoms with Gasteiger partial charge in [-0.25, -0.2) is 0 Å². The van der Waals surface area contributed by atoms with Crippen molar-refractivity contribution in [1.29, 1.82) is 0 Å². The summed E-state index contributed by atoms with van der Waals surface area (Å²) in [4.78, 5) is 0. The topological polar surface area (TPSA) is 46.2 Å². The molecule has 0 aliphatic heterocycles. The maximum absolute atomic E-state index is 8.75. The molecule has 0 rings (SSSR count). The second-order valence-electron chi connectivity index (χ2n) is 1.46. The number of hydrogen-bond acceptors (Lipinski definition) is 2. The van der Waals surface area contributed by atoms with Crippen LogP contribution in [0.1, 0.15) is 6.42 Å². The Hall–Kier alpha value is -0.760. The largest absolute Gasteiger partial charge is 0.400 e. The number of aliphatic hydroxyl groups is 1. The first kappa shape index (κ1) is 7.24. The molecule has 0 aliphatic rings. The molecule has 2 heteroatoms. The molecule has 0 bridgehead atoms. The van der Waals surface area contributed by atoms with Crippen LogP contribution in [-0.4, -0.2) is 5.11 Å². The standard InChI is InChI=1S/C6H10NO/c1-3-4-6(8)5(2)7/h3,8H,1-2,4,7H2. The molecule has 0 aromatic heterocycles. The average molecular weight is 112 g/mol. The lowest BCUT2D eigenvalue weighted by Gasteiger charge is -2.02. The van der Waals surface area contributed by atoms with E-state index in [1.165, 1.54) is 0 Å². The highest BCUT2D eigenvalue weighted by Gasteiger charge is 2.01. The fraction of sp³-hybridized carbons (Fsp3) is 0.167. The highest BCUT2D eigenvalue weighted by molar-refractivity contribution is 5.11. The van der Waals surface area contributed by atoms with E-state index in [2.05, 4.69) is 13.2 Å². The maximum Gasteiger partial charge on any atom is 0.141 e. The van der Waals surface area contributed by atoms with Gasteiger partial charge in [-0.1, -0.05) is 12.7 Å². The van der Waals surface area contributed by atoms with E-state index in [9.17, 15) is 0 Å². The predicted octanol–water partition coefficient (Wildman–Crippen LogP) is 0.939. The first-order chi connectivity index (χ1) is 3.68. The van der Waals surface area contributed by atoms with Crippen LogP contribution in [0.2, 0.25) is 0 Å². The van der Waals surface area contributed by atoms with Gasteiger partial charge in [0.1, 0.15) is 6.10 Å². The van der Waals surface area contributed by atoms with Gasteiger partial charge in [-0.3, -0.25) is 0 Å². The Morgan fingerprint density at radius 3 is 2.38 bits per heavy atom. The van der Waals surface area contributed by atoms with Crippen molar-refractivity contribution in [3.8, 4) is 0 Å². The smallest absolute Gasteiger partial charge is 0.141 e. The molecule has 8 heavy (non-hydrogen) atoms. The Kier molecular flexibility index (Phi) is 2.96. The number of hydrogen-bond donors (Lipinski definition) is 2. The summed E-state index contributed by atoms with van der Waals surface area (Å²) in [6, 6.07) is 0. The van der Waals surface area contributed by atoms with Gasteiger partial charge < -0.3 is 10.8 Å². The van der Waals surface area contributed by atoms with Crippen LogP contribution in [0.25, 0.3) is 0 Å². The molecule has 0 amide bonds. The molecule has 0 atom stereocenters. The van der Waals surface area contributed by atoms with E-state index in [0.29, 0.717) is 6.42 Å². The molecule has 0 unspecified atom stereocenters. The van der Waals surface area contributed by atoms with Gasteiger partial charge in [-0.15, -0.1) is 6.58 Å². The summed E-state index contributed by atoms with van der Waals surface area (Å²) in [5, 5.41) is 8.75. The van der Waals surface area contributed by atoms with Crippen molar-refractivity contribution in [3.63, 3.8) is 0 Å². The van der Waals surface area contributed by atoms with E-state index < -0.39 is 0 Å². The molecule has 3 N–H and O–H groups in total. The minimum absolute atomic E-state index is 0.0972. The van der Waals surface area contributed by atoms with Crippen molar-refractivity contribution >= 4 is 0 Å². The Bertz CT molecular complexity index is 98.7. The quantitative estimate of drug-likeness (QED) is 0.534. The molecule has 0 fully saturated rings. The summed E-state index contributed by atoms with van der Waals surface area (Å²) >= 11 is 0. The van der Waals surface area contributed by atoms with Gasteiger partial charge in [-0.2, -0.15) is 0 Å². The van der Waals surface area contributed by atoms with E-state index >= 15 is 0 Å². The van der Waals surface area contributed by atoms with Crippen LogP contribution < -0.4 is 5.73 Å². The molecule has 45 valence electrons. The molecule has 0 saturated heterocycles. The van der Waals surface area contributed by atoms with Crippen LogP contribution in [0.5, 0.6) is 0 Å². The molecule has 0 spiro atoms. The third-order valence-electron chi connectivity index (χ3n) is 0.708. The van der Waals surface area contributed by atoms with Gasteiger partial charge in [-0.05, 0) is 0 Å². The van der Waals surface area contributed by atoms with Crippen LogP contribution in [-0.2, 0) is 0 Å². The normalized spacial score (nSPS) is 9.25. The molecular formula is C6H10NO. The molecule has 0 saturated carbocycles. The van der Waals surface area contributed by atoms with Crippen LogP contribution in [0.15, 0.2) is 24.9 Å². The molecule has 1 radical (unpaired) electrons. The van der Waals surface area contributed by atoms with Crippen molar-refractivity contribution in [2.24, 2.45) is 5.73 Å². The van der Waals surface area contributed by atoms with Crippen molar-refractivity contribution < 1.29 is 5.11 Å². The molecule has 0 aromatic carbocycles. The molecule has 0 heterocycles. The van der Waals surface area contributed by atoms with E-state index in [4.69, 9.17) is 10.8 Å². The zero-order valence-electron chi connectivity index (χ0n) is 4.72. The van der Waals surface area contributed by atoms with E-state index in [-0.39, 0.29) is 11.8 Å². The Labute approximate surface area is 49.3 Å². The lowest BCUT2D eigenvalue weighted by molar-refractivity contribution is 0.321. The lowest BCUT2D eigenvalue weighted by Crippen LogP contribution is -2.05. The zero-order valence-corrected chi connectivity index (χ0v) is 4.72. The van der Waals surface area contributed by atoms with Gasteiger partial charge in [0.25, 0.3) is 0 Å². The number of rotatable bonds is 3. The zero-order chi connectivity index (χ0) is 6.57. The highest BCUT2D eigenvalue weighted by atomic mass is 16.3. The second-order valence-corrected chi connectivity index (χ2v) is 1.46. The summed E-state index contributed by atoms with van der Waals surface area (Å²) in [5.41, 5.74) is 5.31. The van der Waals surface area contributed by atoms with Gasteiger partial charge >= 0.3 is 0 Å². The van der Waals surface area contributed by atoms with Crippen LogP contribution in [0.4, 0.5) is 0 Å². The average Bonchev–Trinajstić information content (AvgIpc) is 1.67. The Morgan fingerprint density at radius 1 is 1.75 bits per heavy atom. The van der Waals surface area contributed by atoms with Crippen LogP contribution in [0, 0.1) is 6.10 Å².